The molecule has 1 heterocycles. The van der Waals surface area contributed by atoms with Gasteiger partial charge in [-0.2, -0.15) is 0 Å². The van der Waals surface area contributed by atoms with Gasteiger partial charge in [0.25, 0.3) is 0 Å². The normalized spacial score (nSPS) is 13.0. The van der Waals surface area contributed by atoms with Gasteiger partial charge in [0.2, 0.25) is 0 Å². The molecule has 1 atom stereocenters. The third kappa shape index (κ3) is 4.28. The summed E-state index contributed by atoms with van der Waals surface area (Å²) in [5.41, 5.74) is 1.15. The maximum absolute atomic E-state index is 5.03. The Kier molecular flexibility index (Phi) is 5.83. The van der Waals surface area contributed by atoms with Crippen LogP contribution in [0.15, 0.2) is 5.38 Å². The first-order chi connectivity index (χ1) is 7.27. The number of hydrogen-bond donors (Lipinski definition) is 1. The van der Waals surface area contributed by atoms with Crippen LogP contribution in [0, 0.1) is 0 Å². The molecule has 1 aromatic heterocycles. The monoisotopic (exact) mass is 228 g/mol. The maximum atomic E-state index is 5.03. The number of thiazole rings is 1. The van der Waals surface area contributed by atoms with Crippen molar-refractivity contribution >= 4 is 11.3 Å². The van der Waals surface area contributed by atoms with E-state index in [0.717, 1.165) is 36.7 Å². The number of ether oxygens (including phenoxy) is 1. The summed E-state index contributed by atoms with van der Waals surface area (Å²) >= 11 is 1.72. The van der Waals surface area contributed by atoms with E-state index in [1.54, 1.807) is 18.4 Å². The summed E-state index contributed by atoms with van der Waals surface area (Å²) in [7, 11) is 1.72. The molecule has 0 amide bonds. The van der Waals surface area contributed by atoms with Crippen molar-refractivity contribution in [2.45, 2.75) is 32.7 Å². The third-order valence-electron chi connectivity index (χ3n) is 2.23. The lowest BCUT2D eigenvalue weighted by Gasteiger charge is -2.09. The van der Waals surface area contributed by atoms with E-state index in [9.17, 15) is 0 Å². The van der Waals surface area contributed by atoms with Crippen molar-refractivity contribution in [1.82, 2.24) is 10.3 Å². The van der Waals surface area contributed by atoms with Gasteiger partial charge in [-0.15, -0.1) is 11.3 Å². The van der Waals surface area contributed by atoms with Crippen LogP contribution in [0.2, 0.25) is 0 Å². The Morgan fingerprint density at radius 3 is 3.07 bits per heavy atom. The molecule has 1 aromatic rings. The highest BCUT2D eigenvalue weighted by Gasteiger charge is 2.08. The van der Waals surface area contributed by atoms with Gasteiger partial charge < -0.3 is 10.1 Å². The molecule has 0 aliphatic carbocycles. The highest BCUT2D eigenvalue weighted by Crippen LogP contribution is 2.16. The maximum Gasteiger partial charge on any atom is 0.0951 e. The lowest BCUT2D eigenvalue weighted by atomic mass is 10.2. The number of hydrogen-bond acceptors (Lipinski definition) is 4. The molecule has 1 rings (SSSR count). The smallest absolute Gasteiger partial charge is 0.0951 e. The number of nitrogens with zero attached hydrogens (tertiary/aromatic N) is 1. The molecule has 4 heteroatoms. The molecule has 0 aliphatic rings. The lowest BCUT2D eigenvalue weighted by Crippen LogP contribution is -2.19. The van der Waals surface area contributed by atoms with Crippen molar-refractivity contribution in [1.29, 1.82) is 0 Å². The van der Waals surface area contributed by atoms with Crippen LogP contribution in [-0.4, -0.2) is 25.2 Å². The minimum atomic E-state index is 0.359. The van der Waals surface area contributed by atoms with Gasteiger partial charge in [0.15, 0.2) is 0 Å². The molecule has 0 saturated heterocycles. The van der Waals surface area contributed by atoms with Crippen molar-refractivity contribution in [2.24, 2.45) is 0 Å². The quantitative estimate of drug-likeness (QED) is 0.778. The number of nitrogens with one attached hydrogen (secondary N) is 1. The predicted octanol–water partition coefficient (Wildman–Crippen LogP) is 2.39. The molecule has 0 radical (unpaired) electrons. The van der Waals surface area contributed by atoms with Gasteiger partial charge in [0, 0.05) is 25.0 Å². The highest BCUT2D eigenvalue weighted by molar-refractivity contribution is 7.09. The van der Waals surface area contributed by atoms with Crippen molar-refractivity contribution in [3.8, 4) is 0 Å². The van der Waals surface area contributed by atoms with Gasteiger partial charge in [-0.25, -0.2) is 4.98 Å². The van der Waals surface area contributed by atoms with Crippen LogP contribution in [0.3, 0.4) is 0 Å². The number of rotatable bonds is 7. The van der Waals surface area contributed by atoms with Gasteiger partial charge in [0.05, 0.1) is 17.3 Å². The molecular weight excluding hydrogens is 208 g/mol. The summed E-state index contributed by atoms with van der Waals surface area (Å²) in [4.78, 5) is 4.58. The molecule has 86 valence electrons. The van der Waals surface area contributed by atoms with E-state index >= 15 is 0 Å². The minimum Gasteiger partial charge on any atom is -0.384 e. The van der Waals surface area contributed by atoms with Crippen molar-refractivity contribution in [3.05, 3.63) is 16.1 Å². The fourth-order valence-corrected chi connectivity index (χ4v) is 2.17. The lowest BCUT2D eigenvalue weighted by molar-refractivity contribution is 0.202. The van der Waals surface area contributed by atoms with Gasteiger partial charge in [-0.3, -0.25) is 0 Å². The molecular formula is C11H20N2OS. The molecule has 0 aliphatic heterocycles. The second-order valence-electron chi connectivity index (χ2n) is 3.58. The second kappa shape index (κ2) is 6.93. The topological polar surface area (TPSA) is 34.1 Å². The largest absolute Gasteiger partial charge is 0.384 e. The van der Waals surface area contributed by atoms with Crippen LogP contribution in [-0.2, 0) is 11.2 Å². The zero-order chi connectivity index (χ0) is 11.1. The van der Waals surface area contributed by atoms with E-state index < -0.39 is 0 Å². The van der Waals surface area contributed by atoms with Crippen LogP contribution in [0.4, 0.5) is 0 Å². The molecule has 3 nitrogen and oxygen atoms in total. The summed E-state index contributed by atoms with van der Waals surface area (Å²) in [6.45, 7) is 6.13. The van der Waals surface area contributed by atoms with E-state index in [0.29, 0.717) is 6.04 Å². The standard InChI is InChI=1S/C11H20N2OS/c1-4-6-12-9(2)10-8-15-11(13-10)5-7-14-3/h8-9,12H,4-7H2,1-3H3. The van der Waals surface area contributed by atoms with Gasteiger partial charge >= 0.3 is 0 Å². The zero-order valence-corrected chi connectivity index (χ0v) is 10.6. The van der Waals surface area contributed by atoms with E-state index in [1.807, 2.05) is 0 Å². The van der Waals surface area contributed by atoms with E-state index in [1.165, 1.54) is 0 Å². The Morgan fingerprint density at radius 2 is 2.40 bits per heavy atom. The molecule has 0 bridgehead atoms. The van der Waals surface area contributed by atoms with Crippen molar-refractivity contribution < 1.29 is 4.74 Å². The first-order valence-corrected chi connectivity index (χ1v) is 6.32. The zero-order valence-electron chi connectivity index (χ0n) is 9.75. The Morgan fingerprint density at radius 1 is 1.60 bits per heavy atom. The van der Waals surface area contributed by atoms with Gasteiger partial charge in [-0.05, 0) is 19.9 Å². The van der Waals surface area contributed by atoms with Crippen LogP contribution < -0.4 is 5.32 Å². The van der Waals surface area contributed by atoms with E-state index in [-0.39, 0.29) is 0 Å². The second-order valence-corrected chi connectivity index (χ2v) is 4.53. The third-order valence-corrected chi connectivity index (χ3v) is 3.16. The Hall–Kier alpha value is -0.450. The summed E-state index contributed by atoms with van der Waals surface area (Å²) < 4.78 is 5.03. The fraction of sp³-hybridized carbons (Fsp3) is 0.727. The first kappa shape index (κ1) is 12.6. The average molecular weight is 228 g/mol. The molecule has 1 unspecified atom stereocenters. The number of methoxy groups -OCH3 is 1. The van der Waals surface area contributed by atoms with Crippen molar-refractivity contribution in [3.63, 3.8) is 0 Å². The molecule has 0 fully saturated rings. The Balaban J connectivity index is 2.43. The first-order valence-electron chi connectivity index (χ1n) is 5.44. The summed E-state index contributed by atoms with van der Waals surface area (Å²) in [5.74, 6) is 0. The molecule has 15 heavy (non-hydrogen) atoms. The summed E-state index contributed by atoms with van der Waals surface area (Å²) in [6.07, 6.45) is 2.08. The fourth-order valence-electron chi connectivity index (χ4n) is 1.29. The summed E-state index contributed by atoms with van der Waals surface area (Å²) in [5, 5.41) is 6.73. The highest BCUT2D eigenvalue weighted by atomic mass is 32.1. The van der Waals surface area contributed by atoms with Crippen LogP contribution in [0.1, 0.15) is 37.0 Å². The summed E-state index contributed by atoms with van der Waals surface area (Å²) in [6, 6.07) is 0.359. The molecule has 0 aromatic carbocycles. The average Bonchev–Trinajstić information content (AvgIpc) is 2.71. The predicted molar refractivity (Wildman–Crippen MR) is 64.4 cm³/mol. The van der Waals surface area contributed by atoms with Crippen molar-refractivity contribution in [2.75, 3.05) is 20.3 Å². The molecule has 0 spiro atoms. The minimum absolute atomic E-state index is 0.359. The molecule has 0 saturated carbocycles. The number of aromatic nitrogens is 1. The van der Waals surface area contributed by atoms with Gasteiger partial charge in [0.1, 0.15) is 0 Å². The van der Waals surface area contributed by atoms with Crippen LogP contribution >= 0.6 is 11.3 Å². The van der Waals surface area contributed by atoms with E-state index in [2.05, 4.69) is 29.5 Å². The van der Waals surface area contributed by atoms with Crippen LogP contribution in [0.25, 0.3) is 0 Å². The molecule has 1 N–H and O–H groups in total. The Bertz CT molecular complexity index is 275. The SMILES string of the molecule is CCCNC(C)c1csc(CCOC)n1. The Labute approximate surface area is 95.9 Å². The van der Waals surface area contributed by atoms with E-state index in [4.69, 9.17) is 4.74 Å². The van der Waals surface area contributed by atoms with Gasteiger partial charge in [-0.1, -0.05) is 6.92 Å². The van der Waals surface area contributed by atoms with Crippen LogP contribution in [0.5, 0.6) is 0 Å².